The Hall–Kier alpha value is -2.90. The Kier molecular flexibility index (Phi) is 8.19. The van der Waals surface area contributed by atoms with Gasteiger partial charge in [0.05, 0.1) is 28.4 Å². The maximum atomic E-state index is 14.4. The molecular formula is C25H14Cl2F5IN2O3. The third kappa shape index (κ3) is 5.19. The molecule has 0 bridgehead atoms. The third-order valence-electron chi connectivity index (χ3n) is 5.40. The summed E-state index contributed by atoms with van der Waals surface area (Å²) in [5.41, 5.74) is -0.688. The largest absolute Gasteiger partial charge is 0.493 e. The number of carbonyl (C=O) groups excluding carboxylic acids is 1. The van der Waals surface area contributed by atoms with E-state index in [1.165, 1.54) is 20.1 Å². The lowest BCUT2D eigenvalue weighted by molar-refractivity contribution is -0.114. The van der Waals surface area contributed by atoms with Crippen LogP contribution in [-0.2, 0) is 11.4 Å². The van der Waals surface area contributed by atoms with Gasteiger partial charge in [-0.25, -0.2) is 22.0 Å². The van der Waals surface area contributed by atoms with Gasteiger partial charge in [0, 0.05) is 9.13 Å². The summed E-state index contributed by atoms with van der Waals surface area (Å²) in [4.78, 5) is 13.1. The Morgan fingerprint density at radius 2 is 1.61 bits per heavy atom. The summed E-state index contributed by atoms with van der Waals surface area (Å²) in [7, 11) is 1.41. The average Bonchev–Trinajstić information content (AvgIpc) is 3.15. The third-order valence-corrected chi connectivity index (χ3v) is 6.76. The smallest absolute Gasteiger partial charge is 0.280 e. The van der Waals surface area contributed by atoms with E-state index in [-0.39, 0.29) is 28.7 Å². The molecule has 0 aromatic heterocycles. The first-order valence-corrected chi connectivity index (χ1v) is 12.4. The van der Waals surface area contributed by atoms with Crippen molar-refractivity contribution in [2.24, 2.45) is 5.10 Å². The van der Waals surface area contributed by atoms with Crippen LogP contribution in [0.5, 0.6) is 11.5 Å². The lowest BCUT2D eigenvalue weighted by atomic mass is 10.1. The van der Waals surface area contributed by atoms with Gasteiger partial charge in [0.1, 0.15) is 12.3 Å². The van der Waals surface area contributed by atoms with Crippen molar-refractivity contribution in [1.29, 1.82) is 0 Å². The predicted octanol–water partition coefficient (Wildman–Crippen LogP) is 7.69. The molecule has 1 aliphatic heterocycles. The highest BCUT2D eigenvalue weighted by Crippen LogP contribution is 2.38. The molecule has 5 nitrogen and oxygen atoms in total. The second kappa shape index (κ2) is 11.1. The van der Waals surface area contributed by atoms with Gasteiger partial charge in [0.15, 0.2) is 34.8 Å². The van der Waals surface area contributed by atoms with E-state index < -0.39 is 40.7 Å². The molecule has 1 heterocycles. The Labute approximate surface area is 236 Å². The monoisotopic (exact) mass is 682 g/mol. The molecule has 1 aliphatic rings. The molecule has 13 heteroatoms. The number of ether oxygens (including phenoxy) is 2. The van der Waals surface area contributed by atoms with Crippen molar-refractivity contribution in [3.63, 3.8) is 0 Å². The minimum absolute atomic E-state index is 0.0295. The van der Waals surface area contributed by atoms with Gasteiger partial charge < -0.3 is 9.47 Å². The maximum absolute atomic E-state index is 14.4. The summed E-state index contributed by atoms with van der Waals surface area (Å²) in [6.45, 7) is 1.37. The number of hydrazone groups is 1. The fraction of sp³-hybridized carbons (Fsp3) is 0.120. The van der Waals surface area contributed by atoms with E-state index in [1.54, 1.807) is 30.3 Å². The minimum atomic E-state index is -2.35. The second-order valence-corrected chi connectivity index (χ2v) is 9.90. The number of nitrogens with zero attached hydrogens (tertiary/aromatic N) is 2. The van der Waals surface area contributed by atoms with Crippen molar-refractivity contribution in [1.82, 2.24) is 0 Å². The Bertz CT molecular complexity index is 1520. The fourth-order valence-electron chi connectivity index (χ4n) is 3.56. The number of amides is 1. The number of halogens is 8. The van der Waals surface area contributed by atoms with Crippen molar-refractivity contribution in [3.05, 3.63) is 89.7 Å². The van der Waals surface area contributed by atoms with E-state index in [0.717, 1.165) is 0 Å². The zero-order valence-corrected chi connectivity index (χ0v) is 23.0. The highest BCUT2D eigenvalue weighted by molar-refractivity contribution is 14.1. The Morgan fingerprint density at radius 3 is 2.21 bits per heavy atom. The number of rotatable bonds is 6. The summed E-state index contributed by atoms with van der Waals surface area (Å²) in [5, 5.41) is 4.57. The molecular weight excluding hydrogens is 669 g/mol. The summed E-state index contributed by atoms with van der Waals surface area (Å²) in [5.74, 6) is -11.7. The molecule has 3 aromatic carbocycles. The summed E-state index contributed by atoms with van der Waals surface area (Å²) in [6.07, 6.45) is 1.32. The van der Waals surface area contributed by atoms with Gasteiger partial charge in [0.2, 0.25) is 5.82 Å². The van der Waals surface area contributed by atoms with Crippen LogP contribution in [0.15, 0.2) is 41.0 Å². The SMILES string of the molecule is COc1cc(I)cc(/C=C2\C(=O)N(c3c(F)c(F)c(F)c(F)c3F)N=C2C)c1OCc1ccc(Cl)c(Cl)c1. The topological polar surface area (TPSA) is 51.1 Å². The highest BCUT2D eigenvalue weighted by Gasteiger charge is 2.37. The number of carbonyl (C=O) groups is 1. The molecule has 0 spiro atoms. The highest BCUT2D eigenvalue weighted by atomic mass is 127. The molecule has 1 amide bonds. The van der Waals surface area contributed by atoms with Gasteiger partial charge in [-0.3, -0.25) is 4.79 Å². The lowest BCUT2D eigenvalue weighted by Crippen LogP contribution is -2.25. The number of methoxy groups -OCH3 is 1. The Morgan fingerprint density at radius 1 is 0.974 bits per heavy atom. The van der Waals surface area contributed by atoms with Crippen LogP contribution in [0.1, 0.15) is 18.1 Å². The molecule has 0 radical (unpaired) electrons. The maximum Gasteiger partial charge on any atom is 0.280 e. The first kappa shape index (κ1) is 28.1. The molecule has 0 aliphatic carbocycles. The van der Waals surface area contributed by atoms with Crippen LogP contribution < -0.4 is 14.5 Å². The molecule has 0 saturated carbocycles. The van der Waals surface area contributed by atoms with E-state index in [4.69, 9.17) is 32.7 Å². The molecule has 198 valence electrons. The molecule has 3 aromatic rings. The molecule has 4 rings (SSSR count). The van der Waals surface area contributed by atoms with Crippen molar-refractivity contribution < 1.29 is 36.2 Å². The van der Waals surface area contributed by atoms with Crippen molar-refractivity contribution in [2.45, 2.75) is 13.5 Å². The van der Waals surface area contributed by atoms with Crippen molar-refractivity contribution in [2.75, 3.05) is 12.1 Å². The normalized spacial score (nSPS) is 14.4. The zero-order valence-electron chi connectivity index (χ0n) is 19.3. The zero-order chi connectivity index (χ0) is 27.9. The van der Waals surface area contributed by atoms with Gasteiger partial charge in [-0.2, -0.15) is 10.1 Å². The van der Waals surface area contributed by atoms with Crippen LogP contribution in [0, 0.1) is 32.7 Å². The molecule has 0 unspecified atom stereocenters. The van der Waals surface area contributed by atoms with E-state index in [0.29, 0.717) is 30.5 Å². The van der Waals surface area contributed by atoms with Crippen LogP contribution >= 0.6 is 45.8 Å². The van der Waals surface area contributed by atoms with Crippen LogP contribution in [0.2, 0.25) is 10.0 Å². The predicted molar refractivity (Wildman–Crippen MR) is 141 cm³/mol. The number of benzene rings is 3. The minimum Gasteiger partial charge on any atom is -0.493 e. The van der Waals surface area contributed by atoms with E-state index >= 15 is 0 Å². The standard InChI is InChI=1S/C25H14Cl2F5IN2O3/c1-10-14(25(36)35(34-10)23-21(31)19(29)18(28)20(30)22(23)32)7-12-6-13(33)8-17(37-2)24(12)38-9-11-3-4-15(26)16(27)5-11/h3-8H,9H2,1-2H3/b14-7-. The molecule has 0 saturated heterocycles. The van der Waals surface area contributed by atoms with Crippen LogP contribution in [0.25, 0.3) is 6.08 Å². The summed E-state index contributed by atoms with van der Waals surface area (Å²) < 4.78 is 81.9. The van der Waals surface area contributed by atoms with Gasteiger partial charge >= 0.3 is 0 Å². The van der Waals surface area contributed by atoms with Gasteiger partial charge in [0.25, 0.3) is 5.91 Å². The van der Waals surface area contributed by atoms with Crippen molar-refractivity contribution in [3.8, 4) is 11.5 Å². The number of hydrogen-bond donors (Lipinski definition) is 0. The molecule has 0 N–H and O–H groups in total. The Balaban J connectivity index is 1.75. The van der Waals surface area contributed by atoms with E-state index in [1.807, 2.05) is 22.6 Å². The fourth-order valence-corrected chi connectivity index (χ4v) is 4.50. The van der Waals surface area contributed by atoms with Crippen LogP contribution in [-0.4, -0.2) is 18.7 Å². The number of hydrogen-bond acceptors (Lipinski definition) is 4. The first-order chi connectivity index (χ1) is 17.9. The molecule has 0 fully saturated rings. The first-order valence-electron chi connectivity index (χ1n) is 10.5. The number of anilines is 1. The average molecular weight is 683 g/mol. The lowest BCUT2D eigenvalue weighted by Gasteiger charge is -2.16. The quantitative estimate of drug-likeness (QED) is 0.0881. The van der Waals surface area contributed by atoms with Gasteiger partial charge in [-0.15, -0.1) is 0 Å². The summed E-state index contributed by atoms with van der Waals surface area (Å²) >= 11 is 14.0. The van der Waals surface area contributed by atoms with Gasteiger partial charge in [-0.05, 0) is 65.4 Å². The second-order valence-electron chi connectivity index (χ2n) is 7.84. The molecule has 0 atom stereocenters. The van der Waals surface area contributed by atoms with Crippen LogP contribution in [0.3, 0.4) is 0 Å². The summed E-state index contributed by atoms with van der Waals surface area (Å²) in [6, 6.07) is 8.22. The molecule has 38 heavy (non-hydrogen) atoms. The van der Waals surface area contributed by atoms with Crippen molar-refractivity contribution >= 4 is 69.2 Å². The van der Waals surface area contributed by atoms with E-state index in [9.17, 15) is 26.7 Å². The van der Waals surface area contributed by atoms with Gasteiger partial charge in [-0.1, -0.05) is 29.3 Å². The van der Waals surface area contributed by atoms with E-state index in [2.05, 4.69) is 5.10 Å². The van der Waals surface area contributed by atoms with Crippen LogP contribution in [0.4, 0.5) is 27.6 Å².